The molecule has 0 bridgehead atoms. The third-order valence-electron chi connectivity index (χ3n) is 5.52. The van der Waals surface area contributed by atoms with Gasteiger partial charge in [-0.25, -0.2) is 4.39 Å². The topological polar surface area (TPSA) is 53.5 Å². The van der Waals surface area contributed by atoms with Crippen molar-refractivity contribution >= 4 is 5.70 Å². The van der Waals surface area contributed by atoms with E-state index < -0.39 is 0 Å². The Bertz CT molecular complexity index is 1060. The molecule has 0 spiro atoms. The minimum Gasteiger partial charge on any atom is -0.504 e. The number of aryl methyl sites for hydroxylation is 1. The number of benzene rings is 3. The van der Waals surface area contributed by atoms with Gasteiger partial charge >= 0.3 is 0 Å². The standard InChI is InChI=1S/C26H27FN2O2/c1-3-17-8-10-18(11-9-17)22-16-23(21-6-5-7-24(25(21)30)31-4-2)29-26(28-22)19-12-14-20(27)15-13-19/h5-16,23,26,28-30H,3-4H2,1-2H3. The summed E-state index contributed by atoms with van der Waals surface area (Å²) in [6.45, 7) is 4.49. The summed E-state index contributed by atoms with van der Waals surface area (Å²) >= 11 is 0. The summed E-state index contributed by atoms with van der Waals surface area (Å²) < 4.78 is 19.1. The Kier molecular flexibility index (Phi) is 6.23. The van der Waals surface area contributed by atoms with Gasteiger partial charge in [0.05, 0.1) is 12.6 Å². The molecule has 1 heterocycles. The fourth-order valence-corrected chi connectivity index (χ4v) is 3.82. The molecule has 3 N–H and O–H groups in total. The van der Waals surface area contributed by atoms with Gasteiger partial charge in [-0.2, -0.15) is 0 Å². The van der Waals surface area contributed by atoms with Crippen molar-refractivity contribution < 1.29 is 14.2 Å². The van der Waals surface area contributed by atoms with Gasteiger partial charge in [0, 0.05) is 11.3 Å². The van der Waals surface area contributed by atoms with Crippen LogP contribution in [-0.4, -0.2) is 11.7 Å². The lowest BCUT2D eigenvalue weighted by Crippen LogP contribution is -2.39. The number of phenols is 1. The van der Waals surface area contributed by atoms with Gasteiger partial charge < -0.3 is 15.2 Å². The van der Waals surface area contributed by atoms with E-state index in [9.17, 15) is 9.50 Å². The summed E-state index contributed by atoms with van der Waals surface area (Å²) in [5.74, 6) is 0.309. The van der Waals surface area contributed by atoms with E-state index in [0.29, 0.717) is 12.4 Å². The molecule has 0 saturated heterocycles. The molecular formula is C26H27FN2O2. The smallest absolute Gasteiger partial charge is 0.162 e. The molecule has 3 aromatic rings. The van der Waals surface area contributed by atoms with Crippen molar-refractivity contribution in [3.05, 3.63) is 101 Å². The van der Waals surface area contributed by atoms with Gasteiger partial charge in [0.2, 0.25) is 0 Å². The van der Waals surface area contributed by atoms with Crippen molar-refractivity contribution in [3.8, 4) is 11.5 Å². The maximum absolute atomic E-state index is 13.5. The first-order valence-corrected chi connectivity index (χ1v) is 10.6. The Morgan fingerprint density at radius 3 is 2.39 bits per heavy atom. The van der Waals surface area contributed by atoms with Crippen molar-refractivity contribution in [1.29, 1.82) is 0 Å². The fourth-order valence-electron chi connectivity index (χ4n) is 3.82. The molecule has 1 aliphatic rings. The molecular weight excluding hydrogens is 391 g/mol. The molecule has 0 saturated carbocycles. The fraction of sp³-hybridized carbons (Fsp3) is 0.231. The molecule has 4 rings (SSSR count). The van der Waals surface area contributed by atoms with E-state index in [1.807, 2.05) is 19.1 Å². The summed E-state index contributed by atoms with van der Waals surface area (Å²) in [5, 5.41) is 17.9. The average Bonchev–Trinajstić information content (AvgIpc) is 2.81. The number of nitrogens with one attached hydrogen (secondary N) is 2. The third kappa shape index (κ3) is 4.57. The van der Waals surface area contributed by atoms with Gasteiger partial charge in [-0.15, -0.1) is 0 Å². The lowest BCUT2D eigenvalue weighted by Gasteiger charge is -2.33. The number of ether oxygens (including phenoxy) is 1. The van der Waals surface area contributed by atoms with Gasteiger partial charge in [0.1, 0.15) is 12.0 Å². The highest BCUT2D eigenvalue weighted by atomic mass is 19.1. The monoisotopic (exact) mass is 418 g/mol. The summed E-state index contributed by atoms with van der Waals surface area (Å²) in [4.78, 5) is 0. The summed E-state index contributed by atoms with van der Waals surface area (Å²) in [6, 6.07) is 20.1. The van der Waals surface area contributed by atoms with Crippen LogP contribution in [0.2, 0.25) is 0 Å². The molecule has 3 aromatic carbocycles. The van der Waals surface area contributed by atoms with Gasteiger partial charge in [-0.3, -0.25) is 5.32 Å². The van der Waals surface area contributed by atoms with Crippen molar-refractivity contribution in [2.45, 2.75) is 32.5 Å². The van der Waals surface area contributed by atoms with E-state index in [1.165, 1.54) is 17.7 Å². The Balaban J connectivity index is 1.75. The molecule has 5 heteroatoms. The summed E-state index contributed by atoms with van der Waals surface area (Å²) in [5.41, 5.74) is 4.90. The number of hydrogen-bond acceptors (Lipinski definition) is 4. The number of phenolic OH excluding ortho intramolecular Hbond substituents is 1. The minimum absolute atomic E-state index is 0.124. The molecule has 0 radical (unpaired) electrons. The number of halogens is 1. The van der Waals surface area contributed by atoms with Crippen LogP contribution in [-0.2, 0) is 6.42 Å². The van der Waals surface area contributed by atoms with E-state index >= 15 is 0 Å². The van der Waals surface area contributed by atoms with E-state index in [2.05, 4.69) is 47.9 Å². The lowest BCUT2D eigenvalue weighted by molar-refractivity contribution is 0.314. The highest BCUT2D eigenvalue weighted by Gasteiger charge is 2.26. The predicted octanol–water partition coefficient (Wildman–Crippen LogP) is 5.47. The maximum Gasteiger partial charge on any atom is 0.162 e. The van der Waals surface area contributed by atoms with Crippen LogP contribution in [0.1, 0.15) is 48.3 Å². The van der Waals surface area contributed by atoms with Crippen LogP contribution in [0.4, 0.5) is 4.39 Å². The minimum atomic E-state index is -0.274. The molecule has 0 aromatic heterocycles. The molecule has 2 unspecified atom stereocenters. The van der Waals surface area contributed by atoms with E-state index in [-0.39, 0.29) is 23.8 Å². The van der Waals surface area contributed by atoms with Gasteiger partial charge in [-0.05, 0) is 54.3 Å². The first kappa shape index (κ1) is 20.9. The second-order valence-electron chi connectivity index (χ2n) is 7.53. The molecule has 0 amide bonds. The Hall–Kier alpha value is -3.31. The van der Waals surface area contributed by atoms with Crippen LogP contribution >= 0.6 is 0 Å². The van der Waals surface area contributed by atoms with Gasteiger partial charge in [-0.1, -0.05) is 55.5 Å². The van der Waals surface area contributed by atoms with E-state index in [0.717, 1.165) is 28.8 Å². The molecule has 1 aliphatic heterocycles. The molecule has 0 aliphatic carbocycles. The first-order valence-electron chi connectivity index (χ1n) is 10.6. The number of aromatic hydroxyl groups is 1. The molecule has 4 nitrogen and oxygen atoms in total. The van der Waals surface area contributed by atoms with Gasteiger partial charge in [0.15, 0.2) is 11.5 Å². The number of hydrogen-bond donors (Lipinski definition) is 3. The van der Waals surface area contributed by atoms with Crippen LogP contribution in [0.15, 0.2) is 72.8 Å². The lowest BCUT2D eigenvalue weighted by atomic mass is 9.97. The van der Waals surface area contributed by atoms with Crippen LogP contribution in [0.5, 0.6) is 11.5 Å². The van der Waals surface area contributed by atoms with Gasteiger partial charge in [0.25, 0.3) is 0 Å². The van der Waals surface area contributed by atoms with Crippen LogP contribution in [0.25, 0.3) is 5.70 Å². The SMILES string of the molecule is CCOc1cccc(C2C=C(c3ccc(CC)cc3)NC(c3ccc(F)cc3)N2)c1O. The predicted molar refractivity (Wildman–Crippen MR) is 121 cm³/mol. The van der Waals surface area contributed by atoms with Crippen LogP contribution in [0, 0.1) is 5.82 Å². The summed E-state index contributed by atoms with van der Waals surface area (Å²) in [7, 11) is 0. The Morgan fingerprint density at radius 1 is 0.968 bits per heavy atom. The average molecular weight is 419 g/mol. The summed E-state index contributed by atoms with van der Waals surface area (Å²) in [6.07, 6.45) is 2.78. The zero-order chi connectivity index (χ0) is 21.8. The second-order valence-corrected chi connectivity index (χ2v) is 7.53. The molecule has 160 valence electrons. The first-order chi connectivity index (χ1) is 15.1. The van der Waals surface area contributed by atoms with Crippen LogP contribution in [0.3, 0.4) is 0 Å². The largest absolute Gasteiger partial charge is 0.504 e. The van der Waals surface area contributed by atoms with Crippen LogP contribution < -0.4 is 15.4 Å². The third-order valence-corrected chi connectivity index (χ3v) is 5.52. The van der Waals surface area contributed by atoms with Crippen molar-refractivity contribution in [2.75, 3.05) is 6.61 Å². The Morgan fingerprint density at radius 2 is 1.71 bits per heavy atom. The van der Waals surface area contributed by atoms with Crippen molar-refractivity contribution in [2.24, 2.45) is 0 Å². The molecule has 0 fully saturated rings. The highest BCUT2D eigenvalue weighted by molar-refractivity contribution is 5.67. The zero-order valence-electron chi connectivity index (χ0n) is 17.7. The highest BCUT2D eigenvalue weighted by Crippen LogP contribution is 2.38. The van der Waals surface area contributed by atoms with E-state index in [4.69, 9.17) is 4.74 Å². The Labute approximate surface area is 182 Å². The van der Waals surface area contributed by atoms with Crippen molar-refractivity contribution in [3.63, 3.8) is 0 Å². The number of para-hydroxylation sites is 1. The quantitative estimate of drug-likeness (QED) is 0.497. The van der Waals surface area contributed by atoms with E-state index in [1.54, 1.807) is 18.2 Å². The van der Waals surface area contributed by atoms with Crippen molar-refractivity contribution in [1.82, 2.24) is 10.6 Å². The normalized spacial score (nSPS) is 18.2. The molecule has 2 atom stereocenters. The molecule has 31 heavy (non-hydrogen) atoms. The second kappa shape index (κ2) is 9.23. The maximum atomic E-state index is 13.5. The zero-order valence-corrected chi connectivity index (χ0v) is 17.7. The number of rotatable bonds is 6.